The Labute approximate surface area is 187 Å². The minimum Gasteiger partial charge on any atom is -0.464 e. The molecule has 0 bridgehead atoms. The Morgan fingerprint density at radius 3 is 2.71 bits per heavy atom. The summed E-state index contributed by atoms with van der Waals surface area (Å²) in [5.41, 5.74) is 0.366. The SMILES string of the molecule is CN(C)Cc1ccc(CSCCNC(=NCC(O)c2cccc(F)c2)NS(C)(=O)=O)o1. The number of halogens is 1. The smallest absolute Gasteiger partial charge is 0.232 e. The lowest BCUT2D eigenvalue weighted by molar-refractivity contribution is 0.186. The third kappa shape index (κ3) is 10.2. The van der Waals surface area contributed by atoms with Crippen LogP contribution in [0.15, 0.2) is 45.8 Å². The summed E-state index contributed by atoms with van der Waals surface area (Å²) in [6, 6.07) is 9.47. The largest absolute Gasteiger partial charge is 0.464 e. The first-order chi connectivity index (χ1) is 14.6. The minimum absolute atomic E-state index is 0.0322. The molecular formula is C20H29FN4O4S2. The fourth-order valence-electron chi connectivity index (χ4n) is 2.61. The number of aliphatic hydroxyl groups is 1. The third-order valence-electron chi connectivity index (χ3n) is 3.91. The molecule has 0 fully saturated rings. The topological polar surface area (TPSA) is 107 Å². The standard InChI is InChI=1S/C20H29FN4O4S2/c1-25(2)13-17-7-8-18(29-17)14-30-10-9-22-20(24-31(3,27)28)23-12-19(26)15-5-4-6-16(21)11-15/h4-8,11,19,26H,9-10,12-14H2,1-3H3,(H2,22,23,24). The van der Waals surface area contributed by atoms with Crippen LogP contribution in [0.25, 0.3) is 0 Å². The number of hydrogen-bond donors (Lipinski definition) is 3. The van der Waals surface area contributed by atoms with E-state index in [1.807, 2.05) is 31.1 Å². The molecule has 0 saturated carbocycles. The average Bonchev–Trinajstić information content (AvgIpc) is 3.10. The highest BCUT2D eigenvalue weighted by atomic mass is 32.2. The molecule has 8 nitrogen and oxygen atoms in total. The van der Waals surface area contributed by atoms with Crippen LogP contribution in [0, 0.1) is 5.82 Å². The van der Waals surface area contributed by atoms with Crippen molar-refractivity contribution in [1.82, 2.24) is 14.9 Å². The number of thioether (sulfide) groups is 1. The van der Waals surface area contributed by atoms with E-state index in [-0.39, 0.29) is 12.5 Å². The maximum atomic E-state index is 13.3. The molecule has 1 atom stereocenters. The molecule has 31 heavy (non-hydrogen) atoms. The van der Waals surface area contributed by atoms with Crippen LogP contribution in [0.2, 0.25) is 0 Å². The number of benzene rings is 1. The number of sulfonamides is 1. The summed E-state index contributed by atoms with van der Waals surface area (Å²) in [7, 11) is 0.405. The van der Waals surface area contributed by atoms with E-state index >= 15 is 0 Å². The van der Waals surface area contributed by atoms with Gasteiger partial charge < -0.3 is 19.7 Å². The third-order valence-corrected chi connectivity index (χ3v) is 5.46. The lowest BCUT2D eigenvalue weighted by Gasteiger charge is -2.13. The Morgan fingerprint density at radius 1 is 1.29 bits per heavy atom. The van der Waals surface area contributed by atoms with Crippen molar-refractivity contribution < 1.29 is 22.3 Å². The van der Waals surface area contributed by atoms with Crippen LogP contribution in [-0.2, 0) is 22.3 Å². The zero-order valence-corrected chi connectivity index (χ0v) is 19.5. The van der Waals surface area contributed by atoms with Gasteiger partial charge in [0.15, 0.2) is 0 Å². The van der Waals surface area contributed by atoms with E-state index in [1.54, 1.807) is 17.8 Å². The van der Waals surface area contributed by atoms with E-state index in [1.165, 1.54) is 18.2 Å². The predicted octanol–water partition coefficient (Wildman–Crippen LogP) is 1.94. The van der Waals surface area contributed by atoms with Crippen LogP contribution in [0.4, 0.5) is 4.39 Å². The number of aliphatic imine (C=N–C) groups is 1. The highest BCUT2D eigenvalue weighted by Gasteiger charge is 2.11. The van der Waals surface area contributed by atoms with Crippen molar-refractivity contribution in [2.24, 2.45) is 4.99 Å². The van der Waals surface area contributed by atoms with Gasteiger partial charge in [0.1, 0.15) is 17.3 Å². The van der Waals surface area contributed by atoms with E-state index < -0.39 is 21.9 Å². The molecule has 1 aromatic carbocycles. The van der Waals surface area contributed by atoms with Crippen LogP contribution in [0.5, 0.6) is 0 Å². The zero-order chi connectivity index (χ0) is 22.9. The molecule has 1 aromatic heterocycles. The Hall–Kier alpha value is -2.08. The first-order valence-corrected chi connectivity index (χ1v) is 12.7. The van der Waals surface area contributed by atoms with Crippen LogP contribution < -0.4 is 10.0 Å². The Kier molecular flexibility index (Phi) is 9.82. The second kappa shape index (κ2) is 12.1. The number of aliphatic hydroxyl groups excluding tert-OH is 1. The second-order valence-corrected chi connectivity index (χ2v) is 10.1. The van der Waals surface area contributed by atoms with Crippen molar-refractivity contribution in [2.45, 2.75) is 18.4 Å². The molecule has 0 aliphatic heterocycles. The average molecular weight is 473 g/mol. The van der Waals surface area contributed by atoms with Gasteiger partial charge in [0.25, 0.3) is 0 Å². The molecule has 3 N–H and O–H groups in total. The molecule has 2 aromatic rings. The van der Waals surface area contributed by atoms with Gasteiger partial charge in [-0.15, -0.1) is 0 Å². The summed E-state index contributed by atoms with van der Waals surface area (Å²) in [4.78, 5) is 6.14. The van der Waals surface area contributed by atoms with Crippen LogP contribution in [-0.4, -0.2) is 63.6 Å². The van der Waals surface area contributed by atoms with Gasteiger partial charge in [-0.2, -0.15) is 11.8 Å². The number of hydrogen-bond acceptors (Lipinski definition) is 7. The monoisotopic (exact) mass is 472 g/mol. The molecule has 2 rings (SSSR count). The molecule has 0 spiro atoms. The van der Waals surface area contributed by atoms with Gasteiger partial charge in [0.2, 0.25) is 16.0 Å². The molecule has 172 valence electrons. The Bertz CT molecular complexity index is 964. The van der Waals surface area contributed by atoms with E-state index in [0.29, 0.717) is 23.6 Å². The van der Waals surface area contributed by atoms with Gasteiger partial charge in [-0.1, -0.05) is 12.1 Å². The minimum atomic E-state index is -3.55. The van der Waals surface area contributed by atoms with Crippen LogP contribution in [0.1, 0.15) is 23.2 Å². The maximum Gasteiger partial charge on any atom is 0.232 e. The van der Waals surface area contributed by atoms with Crippen molar-refractivity contribution in [3.8, 4) is 0 Å². The van der Waals surface area contributed by atoms with Crippen LogP contribution in [0.3, 0.4) is 0 Å². The highest BCUT2D eigenvalue weighted by Crippen LogP contribution is 2.16. The predicted molar refractivity (Wildman–Crippen MR) is 122 cm³/mol. The summed E-state index contributed by atoms with van der Waals surface area (Å²) in [6.07, 6.45) is -0.0389. The van der Waals surface area contributed by atoms with Crippen molar-refractivity contribution in [1.29, 1.82) is 0 Å². The van der Waals surface area contributed by atoms with Crippen molar-refractivity contribution in [3.05, 3.63) is 59.3 Å². The Balaban J connectivity index is 1.83. The Morgan fingerprint density at radius 2 is 2.03 bits per heavy atom. The summed E-state index contributed by atoms with van der Waals surface area (Å²) in [6.45, 7) is 1.07. The summed E-state index contributed by atoms with van der Waals surface area (Å²) in [5.74, 6) is 2.73. The normalized spacial score (nSPS) is 13.4. The summed E-state index contributed by atoms with van der Waals surface area (Å²) < 4.78 is 44.5. The van der Waals surface area contributed by atoms with Gasteiger partial charge in [-0.05, 0) is 43.9 Å². The first-order valence-electron chi connectivity index (χ1n) is 9.62. The fourth-order valence-corrected chi connectivity index (χ4v) is 3.84. The van der Waals surface area contributed by atoms with Crippen molar-refractivity contribution in [2.75, 3.05) is 39.2 Å². The molecule has 0 aliphatic carbocycles. The number of guanidine groups is 1. The number of rotatable bonds is 11. The van der Waals surface area contributed by atoms with E-state index in [0.717, 1.165) is 24.3 Å². The summed E-state index contributed by atoms with van der Waals surface area (Å²) in [5, 5.41) is 13.1. The van der Waals surface area contributed by atoms with E-state index in [9.17, 15) is 17.9 Å². The van der Waals surface area contributed by atoms with Gasteiger partial charge >= 0.3 is 0 Å². The van der Waals surface area contributed by atoms with Gasteiger partial charge in [-0.3, -0.25) is 4.72 Å². The zero-order valence-electron chi connectivity index (χ0n) is 17.8. The quantitative estimate of drug-likeness (QED) is 0.261. The molecule has 0 radical (unpaired) electrons. The van der Waals surface area contributed by atoms with Gasteiger partial charge in [0, 0.05) is 12.3 Å². The van der Waals surface area contributed by atoms with E-state index in [4.69, 9.17) is 4.42 Å². The lowest BCUT2D eigenvalue weighted by atomic mass is 10.1. The van der Waals surface area contributed by atoms with Gasteiger partial charge in [-0.25, -0.2) is 17.8 Å². The highest BCUT2D eigenvalue weighted by molar-refractivity contribution is 7.98. The molecular weight excluding hydrogens is 443 g/mol. The maximum absolute atomic E-state index is 13.3. The van der Waals surface area contributed by atoms with Crippen molar-refractivity contribution in [3.63, 3.8) is 0 Å². The van der Waals surface area contributed by atoms with Crippen molar-refractivity contribution >= 4 is 27.7 Å². The second-order valence-electron chi connectivity index (χ2n) is 7.22. The molecule has 11 heteroatoms. The summed E-state index contributed by atoms with van der Waals surface area (Å²) >= 11 is 1.63. The lowest BCUT2D eigenvalue weighted by Crippen LogP contribution is -2.41. The fraction of sp³-hybridized carbons (Fsp3) is 0.450. The van der Waals surface area contributed by atoms with E-state index in [2.05, 4.69) is 15.0 Å². The number of nitrogens with one attached hydrogen (secondary N) is 2. The molecule has 1 heterocycles. The molecule has 0 amide bonds. The number of nitrogens with zero attached hydrogens (tertiary/aromatic N) is 2. The first kappa shape index (κ1) is 25.2. The van der Waals surface area contributed by atoms with Gasteiger partial charge in [0.05, 0.1) is 31.2 Å². The molecule has 0 saturated heterocycles. The van der Waals surface area contributed by atoms with Crippen LogP contribution >= 0.6 is 11.8 Å². The number of furan rings is 1. The molecule has 1 unspecified atom stereocenters. The molecule has 0 aliphatic rings.